The number of hydrogen-bond donors (Lipinski definition) is 2. The molecule has 1 rings (SSSR count). The second kappa shape index (κ2) is 6.12. The molecular formula is C12H18N2O2. The van der Waals surface area contributed by atoms with Crippen molar-refractivity contribution >= 4 is 17.3 Å². The number of carbonyl (C=O) groups is 1. The highest BCUT2D eigenvalue weighted by atomic mass is 16.5. The van der Waals surface area contributed by atoms with Crippen LogP contribution in [0, 0.1) is 5.92 Å². The van der Waals surface area contributed by atoms with Crippen LogP contribution in [0.25, 0.3) is 0 Å². The number of nitrogens with one attached hydrogen (secondary N) is 1. The summed E-state index contributed by atoms with van der Waals surface area (Å²) in [5.74, 6) is 0.216. The lowest BCUT2D eigenvalue weighted by molar-refractivity contribution is -0.117. The van der Waals surface area contributed by atoms with Crippen molar-refractivity contribution in [2.75, 3.05) is 24.8 Å². The predicted molar refractivity (Wildman–Crippen MR) is 65.1 cm³/mol. The summed E-state index contributed by atoms with van der Waals surface area (Å²) < 4.78 is 4.97. The minimum atomic E-state index is -0.00526. The Morgan fingerprint density at radius 2 is 2.06 bits per heavy atom. The van der Waals surface area contributed by atoms with E-state index in [4.69, 9.17) is 10.5 Å². The number of hydrogen-bond acceptors (Lipinski definition) is 3. The van der Waals surface area contributed by atoms with Gasteiger partial charge in [-0.25, -0.2) is 0 Å². The fraction of sp³-hybridized carbons (Fsp3) is 0.417. The maximum Gasteiger partial charge on any atom is 0.224 e. The summed E-state index contributed by atoms with van der Waals surface area (Å²) >= 11 is 0. The van der Waals surface area contributed by atoms with Crippen molar-refractivity contribution in [3.63, 3.8) is 0 Å². The molecule has 0 fully saturated rings. The molecule has 4 nitrogen and oxygen atoms in total. The molecule has 0 aromatic heterocycles. The molecule has 1 unspecified atom stereocenters. The number of carbonyl (C=O) groups excluding carboxylic acids is 1. The molecule has 4 heteroatoms. The average Bonchev–Trinajstić information content (AvgIpc) is 2.21. The molecule has 0 aliphatic carbocycles. The Balaban J connectivity index is 2.42. The molecule has 0 aliphatic heterocycles. The van der Waals surface area contributed by atoms with Gasteiger partial charge in [-0.15, -0.1) is 0 Å². The van der Waals surface area contributed by atoms with E-state index in [0.717, 1.165) is 5.69 Å². The van der Waals surface area contributed by atoms with Gasteiger partial charge in [-0.05, 0) is 30.2 Å². The quantitative estimate of drug-likeness (QED) is 0.748. The number of rotatable bonds is 5. The van der Waals surface area contributed by atoms with E-state index in [2.05, 4.69) is 5.32 Å². The van der Waals surface area contributed by atoms with Crippen molar-refractivity contribution in [1.82, 2.24) is 0 Å². The third-order valence-corrected chi connectivity index (χ3v) is 2.18. The molecule has 1 aromatic rings. The first-order valence-corrected chi connectivity index (χ1v) is 5.26. The number of nitrogen functional groups attached to an aromatic ring is 1. The van der Waals surface area contributed by atoms with E-state index in [1.807, 2.05) is 6.92 Å². The Kier molecular flexibility index (Phi) is 4.79. The Morgan fingerprint density at radius 3 is 2.62 bits per heavy atom. The van der Waals surface area contributed by atoms with Crippen LogP contribution in [-0.4, -0.2) is 19.6 Å². The first kappa shape index (κ1) is 12.5. The maximum absolute atomic E-state index is 11.6. The molecule has 3 N–H and O–H groups in total. The summed E-state index contributed by atoms with van der Waals surface area (Å²) in [4.78, 5) is 11.6. The summed E-state index contributed by atoms with van der Waals surface area (Å²) in [5, 5.41) is 2.81. The molecule has 0 saturated carbocycles. The van der Waals surface area contributed by atoms with Gasteiger partial charge in [0.15, 0.2) is 0 Å². The predicted octanol–water partition coefficient (Wildman–Crippen LogP) is 1.88. The van der Waals surface area contributed by atoms with Crippen LogP contribution in [0.15, 0.2) is 24.3 Å². The monoisotopic (exact) mass is 222 g/mol. The standard InChI is InChI=1S/C12H18N2O2/c1-9(8-16-2)7-12(15)14-11-5-3-10(13)4-6-11/h3-6,9H,7-8,13H2,1-2H3,(H,14,15). The van der Waals surface area contributed by atoms with Crippen molar-refractivity contribution < 1.29 is 9.53 Å². The van der Waals surface area contributed by atoms with Crippen LogP contribution >= 0.6 is 0 Å². The minimum Gasteiger partial charge on any atom is -0.399 e. The normalized spacial score (nSPS) is 12.1. The van der Waals surface area contributed by atoms with Crippen molar-refractivity contribution in [1.29, 1.82) is 0 Å². The number of benzene rings is 1. The highest BCUT2D eigenvalue weighted by Gasteiger charge is 2.08. The fourth-order valence-electron chi connectivity index (χ4n) is 1.44. The van der Waals surface area contributed by atoms with E-state index in [-0.39, 0.29) is 11.8 Å². The lowest BCUT2D eigenvalue weighted by Crippen LogP contribution is -2.17. The van der Waals surface area contributed by atoms with Crippen molar-refractivity contribution in [3.8, 4) is 0 Å². The van der Waals surface area contributed by atoms with Gasteiger partial charge in [-0.1, -0.05) is 6.92 Å². The Morgan fingerprint density at radius 1 is 1.44 bits per heavy atom. The summed E-state index contributed by atoms with van der Waals surface area (Å²) in [5.41, 5.74) is 7.00. The van der Waals surface area contributed by atoms with Crippen LogP contribution in [0.3, 0.4) is 0 Å². The molecule has 88 valence electrons. The van der Waals surface area contributed by atoms with E-state index < -0.39 is 0 Å². The molecule has 1 amide bonds. The molecule has 0 saturated heterocycles. The zero-order chi connectivity index (χ0) is 12.0. The van der Waals surface area contributed by atoms with E-state index in [1.54, 1.807) is 31.4 Å². The molecule has 0 bridgehead atoms. The Hall–Kier alpha value is -1.55. The number of amides is 1. The SMILES string of the molecule is COCC(C)CC(=O)Nc1ccc(N)cc1. The smallest absolute Gasteiger partial charge is 0.224 e. The van der Waals surface area contributed by atoms with Crippen molar-refractivity contribution in [2.24, 2.45) is 5.92 Å². The highest BCUT2D eigenvalue weighted by Crippen LogP contribution is 2.12. The van der Waals surface area contributed by atoms with Crippen LogP contribution in [0.4, 0.5) is 11.4 Å². The zero-order valence-electron chi connectivity index (χ0n) is 9.69. The molecule has 0 spiro atoms. The average molecular weight is 222 g/mol. The molecule has 0 aliphatic rings. The summed E-state index contributed by atoms with van der Waals surface area (Å²) in [6.07, 6.45) is 0.457. The lowest BCUT2D eigenvalue weighted by Gasteiger charge is -2.10. The van der Waals surface area contributed by atoms with E-state index in [1.165, 1.54) is 0 Å². The lowest BCUT2D eigenvalue weighted by atomic mass is 10.1. The molecule has 16 heavy (non-hydrogen) atoms. The van der Waals surface area contributed by atoms with Gasteiger partial charge < -0.3 is 15.8 Å². The minimum absolute atomic E-state index is 0.00526. The van der Waals surface area contributed by atoms with E-state index >= 15 is 0 Å². The summed E-state index contributed by atoms with van der Waals surface area (Å²) in [6.45, 7) is 2.57. The van der Waals surface area contributed by atoms with Crippen LogP contribution in [0.1, 0.15) is 13.3 Å². The van der Waals surface area contributed by atoms with Crippen molar-refractivity contribution in [3.05, 3.63) is 24.3 Å². The fourth-order valence-corrected chi connectivity index (χ4v) is 1.44. The molecule has 0 heterocycles. The zero-order valence-corrected chi connectivity index (χ0v) is 9.69. The summed E-state index contributed by atoms with van der Waals surface area (Å²) in [6, 6.07) is 7.09. The Labute approximate surface area is 95.8 Å². The third kappa shape index (κ3) is 4.31. The first-order valence-electron chi connectivity index (χ1n) is 5.26. The van der Waals surface area contributed by atoms with E-state index in [0.29, 0.717) is 18.7 Å². The first-order chi connectivity index (χ1) is 7.61. The summed E-state index contributed by atoms with van der Waals surface area (Å²) in [7, 11) is 1.63. The highest BCUT2D eigenvalue weighted by molar-refractivity contribution is 5.90. The van der Waals surface area contributed by atoms with Crippen LogP contribution in [0.5, 0.6) is 0 Å². The topological polar surface area (TPSA) is 64.3 Å². The maximum atomic E-state index is 11.6. The number of methoxy groups -OCH3 is 1. The molecular weight excluding hydrogens is 204 g/mol. The van der Waals surface area contributed by atoms with Crippen molar-refractivity contribution in [2.45, 2.75) is 13.3 Å². The van der Waals surface area contributed by atoms with Gasteiger partial charge in [0.25, 0.3) is 0 Å². The van der Waals surface area contributed by atoms with Gasteiger partial charge in [-0.2, -0.15) is 0 Å². The van der Waals surface area contributed by atoms with Gasteiger partial charge >= 0.3 is 0 Å². The van der Waals surface area contributed by atoms with Crippen LogP contribution < -0.4 is 11.1 Å². The molecule has 1 aromatic carbocycles. The van der Waals surface area contributed by atoms with E-state index in [9.17, 15) is 4.79 Å². The number of anilines is 2. The molecule has 0 radical (unpaired) electrons. The van der Waals surface area contributed by atoms with Gasteiger partial charge in [0.05, 0.1) is 0 Å². The van der Waals surface area contributed by atoms with Gasteiger partial charge in [-0.3, -0.25) is 4.79 Å². The third-order valence-electron chi connectivity index (χ3n) is 2.18. The second-order valence-electron chi connectivity index (χ2n) is 3.93. The van der Waals surface area contributed by atoms with Gasteiger partial charge in [0.2, 0.25) is 5.91 Å². The second-order valence-corrected chi connectivity index (χ2v) is 3.93. The van der Waals surface area contributed by atoms with Gasteiger partial charge in [0.1, 0.15) is 0 Å². The van der Waals surface area contributed by atoms with Gasteiger partial charge in [0, 0.05) is 31.5 Å². The number of nitrogens with two attached hydrogens (primary N) is 1. The van der Waals surface area contributed by atoms with Crippen LogP contribution in [0.2, 0.25) is 0 Å². The van der Waals surface area contributed by atoms with Crippen LogP contribution in [-0.2, 0) is 9.53 Å². The molecule has 1 atom stereocenters. The largest absolute Gasteiger partial charge is 0.399 e. The number of ether oxygens (including phenoxy) is 1. The Bertz CT molecular complexity index is 335.